The zero-order chi connectivity index (χ0) is 16.0. The number of likely N-dealkylation sites (N-methyl/N-ethyl adjacent to an activating group) is 1. The fourth-order valence-corrected chi connectivity index (χ4v) is 4.83. The molecule has 3 aliphatic rings. The second-order valence-electron chi connectivity index (χ2n) is 7.48. The average molecular weight is 316 g/mol. The van der Waals surface area contributed by atoms with Crippen LogP contribution in [0.3, 0.4) is 0 Å². The predicted molar refractivity (Wildman–Crippen MR) is 89.1 cm³/mol. The maximum absolute atomic E-state index is 13.0. The summed E-state index contributed by atoms with van der Waals surface area (Å²) in [4.78, 5) is 17.9. The largest absolute Gasteiger partial charge is 0.338 e. The van der Waals surface area contributed by atoms with E-state index in [1.165, 1.54) is 37.8 Å². The first-order chi connectivity index (χ1) is 11.2. The van der Waals surface area contributed by atoms with Crippen molar-refractivity contribution < 1.29 is 4.79 Å². The van der Waals surface area contributed by atoms with Crippen LogP contribution < -0.4 is 0 Å². The minimum absolute atomic E-state index is 0.205. The van der Waals surface area contributed by atoms with Gasteiger partial charge in [0.1, 0.15) is 0 Å². The molecule has 0 spiro atoms. The number of amides is 1. The number of hydrogen-bond acceptors (Lipinski definition) is 3. The molecule has 1 saturated carbocycles. The van der Waals surface area contributed by atoms with E-state index in [9.17, 15) is 4.79 Å². The summed E-state index contributed by atoms with van der Waals surface area (Å²) in [6.07, 6.45) is 9.92. The lowest BCUT2D eigenvalue weighted by Gasteiger charge is -2.34. The topological polar surface area (TPSA) is 41.4 Å². The van der Waals surface area contributed by atoms with Gasteiger partial charge < -0.3 is 4.90 Å². The van der Waals surface area contributed by atoms with E-state index in [2.05, 4.69) is 28.0 Å². The summed E-state index contributed by atoms with van der Waals surface area (Å²) >= 11 is 0. The number of rotatable bonds is 4. The second-order valence-corrected chi connectivity index (χ2v) is 7.48. The predicted octanol–water partition coefficient (Wildman–Crippen LogP) is 2.00. The molecule has 4 atom stereocenters. The lowest BCUT2D eigenvalue weighted by atomic mass is 10.0. The third-order valence-electron chi connectivity index (χ3n) is 6.11. The average Bonchev–Trinajstić information content (AvgIpc) is 2.95. The van der Waals surface area contributed by atoms with E-state index in [4.69, 9.17) is 0 Å². The molecule has 0 bridgehead atoms. The van der Waals surface area contributed by atoms with Gasteiger partial charge in [0.25, 0.3) is 0 Å². The number of aryl methyl sites for hydroxylation is 1. The monoisotopic (exact) mass is 316 g/mol. The molecular weight excluding hydrogens is 288 g/mol. The van der Waals surface area contributed by atoms with Crippen molar-refractivity contribution in [2.45, 2.75) is 57.0 Å². The van der Waals surface area contributed by atoms with Crippen LogP contribution in [-0.4, -0.2) is 57.2 Å². The van der Waals surface area contributed by atoms with Gasteiger partial charge in [-0.05, 0) is 56.7 Å². The van der Waals surface area contributed by atoms with Gasteiger partial charge in [0.15, 0.2) is 0 Å². The van der Waals surface area contributed by atoms with Gasteiger partial charge in [-0.2, -0.15) is 5.10 Å². The number of nitrogens with zero attached hydrogens (tertiary/aromatic N) is 4. The van der Waals surface area contributed by atoms with Crippen molar-refractivity contribution in [2.75, 3.05) is 19.6 Å². The summed E-state index contributed by atoms with van der Waals surface area (Å²) in [5.41, 5.74) is 1.23. The molecule has 1 aromatic heterocycles. The molecular formula is C18H28N4O. The Hall–Kier alpha value is -1.36. The fourth-order valence-electron chi connectivity index (χ4n) is 4.83. The molecule has 2 aliphatic heterocycles. The van der Waals surface area contributed by atoms with Crippen molar-refractivity contribution in [3.05, 3.63) is 18.0 Å². The molecule has 0 aromatic carbocycles. The Bertz CT molecular complexity index is 583. The number of likely N-dealkylation sites (tertiary alicyclic amines) is 2. The first-order valence-corrected chi connectivity index (χ1v) is 9.22. The first kappa shape index (κ1) is 15.2. The highest BCUT2D eigenvalue weighted by atomic mass is 16.2. The van der Waals surface area contributed by atoms with Gasteiger partial charge in [0.05, 0.1) is 6.20 Å². The zero-order valence-electron chi connectivity index (χ0n) is 14.3. The maximum Gasteiger partial charge on any atom is 0.226 e. The molecule has 2 saturated heterocycles. The van der Waals surface area contributed by atoms with E-state index >= 15 is 0 Å². The summed E-state index contributed by atoms with van der Waals surface area (Å²) in [6, 6.07) is 1.06. The molecule has 4 rings (SSSR count). The number of carbonyl (C=O) groups excluding carboxylic acids is 1. The SMILES string of the molecule is CCN1CCC[C@@H]1[C@@H]1CCCN1C(=O)[C@@H]1C[C@@H]1c1cnn(C)c1. The van der Waals surface area contributed by atoms with E-state index in [-0.39, 0.29) is 5.92 Å². The molecule has 3 heterocycles. The van der Waals surface area contributed by atoms with Crippen molar-refractivity contribution in [2.24, 2.45) is 13.0 Å². The van der Waals surface area contributed by atoms with Crippen LogP contribution in [0.4, 0.5) is 0 Å². The minimum Gasteiger partial charge on any atom is -0.338 e. The Labute approximate surface area is 138 Å². The lowest BCUT2D eigenvalue weighted by Crippen LogP contribution is -2.48. The Morgan fingerprint density at radius 2 is 2.04 bits per heavy atom. The zero-order valence-corrected chi connectivity index (χ0v) is 14.3. The Kier molecular flexibility index (Phi) is 3.92. The van der Waals surface area contributed by atoms with Crippen LogP contribution in [0.5, 0.6) is 0 Å². The second kappa shape index (κ2) is 5.93. The normalized spacial score (nSPS) is 34.3. The molecule has 3 fully saturated rings. The summed E-state index contributed by atoms with van der Waals surface area (Å²) in [5, 5.41) is 4.25. The molecule has 23 heavy (non-hydrogen) atoms. The molecule has 0 N–H and O–H groups in total. The van der Waals surface area contributed by atoms with Crippen LogP contribution in [0, 0.1) is 5.92 Å². The van der Waals surface area contributed by atoms with Crippen molar-refractivity contribution in [3.63, 3.8) is 0 Å². The van der Waals surface area contributed by atoms with E-state index in [0.717, 1.165) is 19.5 Å². The molecule has 5 heteroatoms. The van der Waals surface area contributed by atoms with Crippen molar-refractivity contribution in [3.8, 4) is 0 Å². The highest BCUT2D eigenvalue weighted by molar-refractivity contribution is 5.83. The van der Waals surface area contributed by atoms with E-state index in [0.29, 0.717) is 23.9 Å². The number of carbonyl (C=O) groups is 1. The fraction of sp³-hybridized carbons (Fsp3) is 0.778. The highest BCUT2D eigenvalue weighted by Crippen LogP contribution is 2.49. The van der Waals surface area contributed by atoms with E-state index < -0.39 is 0 Å². The Balaban J connectivity index is 1.44. The summed E-state index contributed by atoms with van der Waals surface area (Å²) in [5.74, 6) is 1.02. The van der Waals surface area contributed by atoms with Crippen LogP contribution in [0.25, 0.3) is 0 Å². The minimum atomic E-state index is 0.205. The molecule has 126 valence electrons. The smallest absolute Gasteiger partial charge is 0.226 e. The van der Waals surface area contributed by atoms with Crippen LogP contribution in [0.1, 0.15) is 50.5 Å². The van der Waals surface area contributed by atoms with Crippen LogP contribution in [-0.2, 0) is 11.8 Å². The summed E-state index contributed by atoms with van der Waals surface area (Å²) in [6.45, 7) is 5.54. The number of aromatic nitrogens is 2. The molecule has 1 aromatic rings. The van der Waals surface area contributed by atoms with E-state index in [1.807, 2.05) is 17.9 Å². The standard InChI is InChI=1S/C18H28N4O/c1-3-21-8-4-6-16(21)17-7-5-9-22(17)18(23)15-10-14(15)13-11-19-20(2)12-13/h11-12,14-17H,3-10H2,1-2H3/t14-,15-,16-,17+/m1/s1. The Morgan fingerprint density at radius 3 is 2.78 bits per heavy atom. The quantitative estimate of drug-likeness (QED) is 0.853. The molecule has 1 aliphatic carbocycles. The van der Waals surface area contributed by atoms with Gasteiger partial charge in [-0.25, -0.2) is 0 Å². The van der Waals surface area contributed by atoms with Gasteiger partial charge in [0, 0.05) is 37.8 Å². The summed E-state index contributed by atoms with van der Waals surface area (Å²) in [7, 11) is 1.94. The molecule has 0 unspecified atom stereocenters. The lowest BCUT2D eigenvalue weighted by molar-refractivity contribution is -0.134. The molecule has 1 amide bonds. The van der Waals surface area contributed by atoms with Gasteiger partial charge in [-0.3, -0.25) is 14.4 Å². The van der Waals surface area contributed by atoms with E-state index in [1.54, 1.807) is 0 Å². The van der Waals surface area contributed by atoms with Crippen molar-refractivity contribution >= 4 is 5.91 Å². The third kappa shape index (κ3) is 2.69. The van der Waals surface area contributed by atoms with Gasteiger partial charge in [-0.15, -0.1) is 0 Å². The van der Waals surface area contributed by atoms with Crippen molar-refractivity contribution in [1.29, 1.82) is 0 Å². The molecule has 5 nitrogen and oxygen atoms in total. The summed E-state index contributed by atoms with van der Waals surface area (Å²) < 4.78 is 1.84. The van der Waals surface area contributed by atoms with Gasteiger partial charge in [0.2, 0.25) is 5.91 Å². The first-order valence-electron chi connectivity index (χ1n) is 9.22. The molecule has 0 radical (unpaired) electrons. The van der Waals surface area contributed by atoms with Crippen LogP contribution in [0.2, 0.25) is 0 Å². The number of hydrogen-bond donors (Lipinski definition) is 0. The third-order valence-corrected chi connectivity index (χ3v) is 6.11. The van der Waals surface area contributed by atoms with Crippen molar-refractivity contribution in [1.82, 2.24) is 19.6 Å². The van der Waals surface area contributed by atoms with Gasteiger partial charge in [-0.1, -0.05) is 6.92 Å². The van der Waals surface area contributed by atoms with Crippen LogP contribution in [0.15, 0.2) is 12.4 Å². The Morgan fingerprint density at radius 1 is 1.26 bits per heavy atom. The van der Waals surface area contributed by atoms with Crippen LogP contribution >= 0.6 is 0 Å². The maximum atomic E-state index is 13.0. The highest BCUT2D eigenvalue weighted by Gasteiger charge is 2.49. The van der Waals surface area contributed by atoms with Gasteiger partial charge >= 0.3 is 0 Å².